The van der Waals surface area contributed by atoms with E-state index in [0.717, 1.165) is 16.7 Å². The minimum atomic E-state index is -0.0706. The number of hydrogen-bond donors (Lipinski definition) is 1. The van der Waals surface area contributed by atoms with Crippen LogP contribution >= 0.6 is 0 Å². The average molecular weight is 322 g/mol. The van der Waals surface area contributed by atoms with Crippen molar-refractivity contribution in [1.82, 2.24) is 4.98 Å². The summed E-state index contributed by atoms with van der Waals surface area (Å²) in [6, 6.07) is 13.3. The summed E-state index contributed by atoms with van der Waals surface area (Å²) in [4.78, 5) is 16.2. The van der Waals surface area contributed by atoms with Crippen molar-refractivity contribution >= 4 is 11.6 Å². The molecule has 3 rings (SSSR count). The Morgan fingerprint density at radius 1 is 1.25 bits per heavy atom. The van der Waals surface area contributed by atoms with Crippen molar-refractivity contribution in [3.8, 4) is 17.1 Å². The third kappa shape index (κ3) is 3.46. The minimum Gasteiger partial charge on any atom is -0.496 e. The van der Waals surface area contributed by atoms with Gasteiger partial charge in [-0.2, -0.15) is 0 Å². The van der Waals surface area contributed by atoms with Crippen molar-refractivity contribution in [2.45, 2.75) is 13.3 Å². The highest BCUT2D eigenvalue weighted by Crippen LogP contribution is 2.32. The number of aromatic nitrogens is 1. The topological polar surface area (TPSA) is 64.4 Å². The Hall–Kier alpha value is -3.08. The van der Waals surface area contributed by atoms with Crippen LogP contribution in [0, 0.1) is 6.92 Å². The van der Waals surface area contributed by atoms with Crippen molar-refractivity contribution < 1.29 is 13.9 Å². The van der Waals surface area contributed by atoms with Crippen LogP contribution in [0.3, 0.4) is 0 Å². The van der Waals surface area contributed by atoms with Gasteiger partial charge in [0.2, 0.25) is 5.91 Å². The fraction of sp³-hybridized carbons (Fsp3) is 0.158. The summed E-state index contributed by atoms with van der Waals surface area (Å²) < 4.78 is 10.7. The zero-order valence-corrected chi connectivity index (χ0v) is 13.6. The first-order chi connectivity index (χ1) is 11.7. The van der Waals surface area contributed by atoms with Crippen LogP contribution in [0.25, 0.3) is 11.3 Å². The Morgan fingerprint density at radius 2 is 2.08 bits per heavy atom. The van der Waals surface area contributed by atoms with Crippen molar-refractivity contribution in [3.63, 3.8) is 0 Å². The molecule has 1 aromatic heterocycles. The fourth-order valence-corrected chi connectivity index (χ4v) is 2.51. The number of carbonyl (C=O) groups excluding carboxylic acids is 1. The molecule has 2 aromatic carbocycles. The highest BCUT2D eigenvalue weighted by molar-refractivity contribution is 5.93. The monoisotopic (exact) mass is 322 g/mol. The Labute approximate surface area is 140 Å². The minimum absolute atomic E-state index is 0.0706. The maximum Gasteiger partial charge on any atom is 0.228 e. The maximum absolute atomic E-state index is 12.3. The fourth-order valence-electron chi connectivity index (χ4n) is 2.51. The Kier molecular flexibility index (Phi) is 4.61. The molecule has 0 unspecified atom stereocenters. The summed E-state index contributed by atoms with van der Waals surface area (Å²) in [6.45, 7) is 2.00. The zero-order valence-electron chi connectivity index (χ0n) is 13.6. The van der Waals surface area contributed by atoms with Crippen LogP contribution < -0.4 is 10.1 Å². The molecule has 24 heavy (non-hydrogen) atoms. The highest BCUT2D eigenvalue weighted by Gasteiger charge is 2.12. The molecule has 3 aromatic rings. The number of methoxy groups -OCH3 is 1. The van der Waals surface area contributed by atoms with Gasteiger partial charge in [-0.25, -0.2) is 4.98 Å². The van der Waals surface area contributed by atoms with Gasteiger partial charge in [0.25, 0.3) is 0 Å². The van der Waals surface area contributed by atoms with Gasteiger partial charge in [0, 0.05) is 11.8 Å². The summed E-state index contributed by atoms with van der Waals surface area (Å²) in [5.41, 5.74) is 3.58. The molecule has 1 amide bonds. The molecule has 0 fully saturated rings. The molecule has 0 saturated carbocycles. The first-order valence-electron chi connectivity index (χ1n) is 7.58. The summed E-state index contributed by atoms with van der Waals surface area (Å²) in [6.07, 6.45) is 3.32. The standard InChI is InChI=1S/C19H18N2O3/c1-13-5-3-4-6-14(13)9-19(22)21-15-7-8-16(17(10-15)23-2)18-11-20-12-24-18/h3-8,10-12H,9H2,1-2H3,(H,21,22). The number of hydrogen-bond acceptors (Lipinski definition) is 4. The molecule has 0 aliphatic rings. The number of oxazole rings is 1. The number of ether oxygens (including phenoxy) is 1. The van der Waals surface area contributed by atoms with E-state index in [1.54, 1.807) is 19.4 Å². The molecule has 0 bridgehead atoms. The number of anilines is 1. The molecule has 122 valence electrons. The molecule has 0 saturated heterocycles. The number of aryl methyl sites for hydroxylation is 1. The molecule has 0 atom stereocenters. The van der Waals surface area contributed by atoms with Gasteiger partial charge in [-0.05, 0) is 30.2 Å². The van der Waals surface area contributed by atoms with Gasteiger partial charge in [-0.1, -0.05) is 24.3 Å². The quantitative estimate of drug-likeness (QED) is 0.775. The molecule has 0 aliphatic heterocycles. The summed E-state index contributed by atoms with van der Waals surface area (Å²) in [5, 5.41) is 2.90. The average Bonchev–Trinajstić information content (AvgIpc) is 3.11. The van der Waals surface area contributed by atoms with Crippen molar-refractivity contribution in [3.05, 3.63) is 66.2 Å². The van der Waals surface area contributed by atoms with Crippen LogP contribution in [0.2, 0.25) is 0 Å². The molecular weight excluding hydrogens is 304 g/mol. The molecular formula is C19H18N2O3. The number of nitrogens with zero attached hydrogens (tertiary/aromatic N) is 1. The first-order valence-corrected chi connectivity index (χ1v) is 7.58. The Morgan fingerprint density at radius 3 is 2.79 bits per heavy atom. The predicted octanol–water partition coefficient (Wildman–Crippen LogP) is 3.84. The lowest BCUT2D eigenvalue weighted by Gasteiger charge is -2.11. The second kappa shape index (κ2) is 7.00. The third-order valence-electron chi connectivity index (χ3n) is 3.80. The largest absolute Gasteiger partial charge is 0.496 e. The van der Waals surface area contributed by atoms with E-state index < -0.39 is 0 Å². The van der Waals surface area contributed by atoms with E-state index in [-0.39, 0.29) is 5.91 Å². The third-order valence-corrected chi connectivity index (χ3v) is 3.80. The lowest BCUT2D eigenvalue weighted by Crippen LogP contribution is -2.15. The number of amides is 1. The predicted molar refractivity (Wildman–Crippen MR) is 92.0 cm³/mol. The number of benzene rings is 2. The lowest BCUT2D eigenvalue weighted by molar-refractivity contribution is -0.115. The van der Waals surface area contributed by atoms with Crippen LogP contribution in [-0.2, 0) is 11.2 Å². The second-order valence-corrected chi connectivity index (χ2v) is 5.43. The van der Waals surface area contributed by atoms with Crippen molar-refractivity contribution in [2.24, 2.45) is 0 Å². The van der Waals surface area contributed by atoms with Gasteiger partial charge in [0.1, 0.15) is 5.75 Å². The molecule has 5 nitrogen and oxygen atoms in total. The van der Waals surface area contributed by atoms with E-state index in [1.165, 1.54) is 6.39 Å². The van der Waals surface area contributed by atoms with Gasteiger partial charge < -0.3 is 14.5 Å². The van der Waals surface area contributed by atoms with E-state index in [2.05, 4.69) is 10.3 Å². The maximum atomic E-state index is 12.3. The zero-order chi connectivity index (χ0) is 16.9. The van der Waals surface area contributed by atoms with Crippen LogP contribution in [-0.4, -0.2) is 18.0 Å². The van der Waals surface area contributed by atoms with Gasteiger partial charge in [0.05, 0.1) is 25.3 Å². The number of nitrogens with one attached hydrogen (secondary N) is 1. The van der Waals surface area contributed by atoms with E-state index >= 15 is 0 Å². The van der Waals surface area contributed by atoms with E-state index in [4.69, 9.17) is 9.15 Å². The van der Waals surface area contributed by atoms with Crippen LogP contribution in [0.4, 0.5) is 5.69 Å². The highest BCUT2D eigenvalue weighted by atomic mass is 16.5. The normalized spacial score (nSPS) is 10.4. The van der Waals surface area contributed by atoms with Crippen molar-refractivity contribution in [1.29, 1.82) is 0 Å². The Bertz CT molecular complexity index is 842. The van der Waals surface area contributed by atoms with Gasteiger partial charge in [-0.15, -0.1) is 0 Å². The second-order valence-electron chi connectivity index (χ2n) is 5.43. The van der Waals surface area contributed by atoms with E-state index in [0.29, 0.717) is 23.6 Å². The van der Waals surface area contributed by atoms with Gasteiger partial charge in [0.15, 0.2) is 12.2 Å². The van der Waals surface area contributed by atoms with Crippen LogP contribution in [0.5, 0.6) is 5.75 Å². The molecule has 0 aliphatic carbocycles. The molecule has 0 spiro atoms. The molecule has 5 heteroatoms. The van der Waals surface area contributed by atoms with E-state index in [9.17, 15) is 4.79 Å². The first kappa shape index (κ1) is 15.8. The Balaban J connectivity index is 1.76. The number of rotatable bonds is 5. The van der Waals surface area contributed by atoms with Crippen LogP contribution in [0.15, 0.2) is 59.5 Å². The summed E-state index contributed by atoms with van der Waals surface area (Å²) in [5.74, 6) is 1.16. The van der Waals surface area contributed by atoms with E-state index in [1.807, 2.05) is 43.3 Å². The summed E-state index contributed by atoms with van der Waals surface area (Å²) in [7, 11) is 1.58. The van der Waals surface area contributed by atoms with Crippen molar-refractivity contribution in [2.75, 3.05) is 12.4 Å². The SMILES string of the molecule is COc1cc(NC(=O)Cc2ccccc2C)ccc1-c1cnco1. The van der Waals surface area contributed by atoms with Gasteiger partial charge >= 0.3 is 0 Å². The van der Waals surface area contributed by atoms with Crippen LogP contribution in [0.1, 0.15) is 11.1 Å². The number of carbonyl (C=O) groups is 1. The molecule has 1 N–H and O–H groups in total. The lowest BCUT2D eigenvalue weighted by atomic mass is 10.1. The molecule has 0 radical (unpaired) electrons. The van der Waals surface area contributed by atoms with Gasteiger partial charge in [-0.3, -0.25) is 4.79 Å². The smallest absolute Gasteiger partial charge is 0.228 e. The molecule has 1 heterocycles. The summed E-state index contributed by atoms with van der Waals surface area (Å²) >= 11 is 0.